The maximum atomic E-state index is 12.7. The third-order valence-corrected chi connectivity index (χ3v) is 5.34. The number of nitrogens with two attached hydrogens (primary N) is 2. The van der Waals surface area contributed by atoms with E-state index in [4.69, 9.17) is 21.1 Å². The number of carboxylic acid groups (broad SMARTS) is 1. The summed E-state index contributed by atoms with van der Waals surface area (Å²) in [5.41, 5.74) is 12.3. The number of primary amides is 1. The van der Waals surface area contributed by atoms with Gasteiger partial charge in [0, 0.05) is 28.9 Å². The SMILES string of the molecule is NC(=O)c1cc(OC(F)(F)F)cc(-c2nc(-c3ccc4c(c3)CCN4C(=O)CC(N)C(=O)O)no2)c1. The van der Waals surface area contributed by atoms with Crippen molar-refractivity contribution in [3.63, 3.8) is 0 Å². The quantitative estimate of drug-likeness (QED) is 0.434. The number of hydrogen-bond donors (Lipinski definition) is 3. The van der Waals surface area contributed by atoms with E-state index >= 15 is 0 Å². The summed E-state index contributed by atoms with van der Waals surface area (Å²) < 4.78 is 47.1. The zero-order valence-corrected chi connectivity index (χ0v) is 18.3. The first-order valence-corrected chi connectivity index (χ1v) is 10.4. The van der Waals surface area contributed by atoms with E-state index in [1.165, 1.54) is 11.0 Å². The molecular weight excluding hydrogens is 487 g/mol. The first-order valence-electron chi connectivity index (χ1n) is 10.4. The van der Waals surface area contributed by atoms with Crippen molar-refractivity contribution in [3.8, 4) is 28.6 Å². The Morgan fingerprint density at radius 2 is 1.92 bits per heavy atom. The number of amides is 2. The lowest BCUT2D eigenvalue weighted by Crippen LogP contribution is -2.38. The van der Waals surface area contributed by atoms with Crippen LogP contribution in [0.25, 0.3) is 22.8 Å². The minimum Gasteiger partial charge on any atom is -0.480 e. The average molecular weight is 505 g/mol. The predicted octanol–water partition coefficient (Wildman–Crippen LogP) is 2.09. The van der Waals surface area contributed by atoms with Gasteiger partial charge in [-0.25, -0.2) is 0 Å². The lowest BCUT2D eigenvalue weighted by molar-refractivity contribution is -0.274. The molecule has 0 spiro atoms. The fraction of sp³-hybridized carbons (Fsp3) is 0.227. The molecule has 1 aliphatic heterocycles. The molecule has 3 aromatic rings. The van der Waals surface area contributed by atoms with Gasteiger partial charge >= 0.3 is 12.3 Å². The van der Waals surface area contributed by atoms with Crippen LogP contribution in [0, 0.1) is 0 Å². The number of carboxylic acids is 1. The molecule has 5 N–H and O–H groups in total. The van der Waals surface area contributed by atoms with Crippen LogP contribution in [0.3, 0.4) is 0 Å². The molecule has 188 valence electrons. The summed E-state index contributed by atoms with van der Waals surface area (Å²) in [5.74, 6) is -3.44. The number of ether oxygens (including phenoxy) is 1. The minimum atomic E-state index is -4.99. The van der Waals surface area contributed by atoms with Gasteiger partial charge in [-0.15, -0.1) is 13.2 Å². The Labute approximate surface area is 200 Å². The molecule has 0 bridgehead atoms. The van der Waals surface area contributed by atoms with E-state index in [-0.39, 0.29) is 29.3 Å². The number of aliphatic carboxylic acids is 1. The van der Waals surface area contributed by atoms with E-state index in [0.29, 0.717) is 24.2 Å². The van der Waals surface area contributed by atoms with Crippen molar-refractivity contribution >= 4 is 23.5 Å². The highest BCUT2D eigenvalue weighted by Gasteiger charge is 2.32. The number of benzene rings is 2. The highest BCUT2D eigenvalue weighted by atomic mass is 19.4. The lowest BCUT2D eigenvalue weighted by atomic mass is 10.1. The van der Waals surface area contributed by atoms with Gasteiger partial charge in [-0.2, -0.15) is 4.98 Å². The van der Waals surface area contributed by atoms with Crippen molar-refractivity contribution in [3.05, 3.63) is 47.5 Å². The maximum Gasteiger partial charge on any atom is 0.573 e. The zero-order valence-electron chi connectivity index (χ0n) is 18.3. The van der Waals surface area contributed by atoms with Crippen LogP contribution in [0.4, 0.5) is 18.9 Å². The topological polar surface area (TPSA) is 175 Å². The zero-order chi connectivity index (χ0) is 26.2. The van der Waals surface area contributed by atoms with E-state index in [0.717, 1.165) is 17.7 Å². The van der Waals surface area contributed by atoms with Gasteiger partial charge < -0.3 is 30.7 Å². The van der Waals surface area contributed by atoms with Crippen molar-refractivity contribution in [1.82, 2.24) is 10.1 Å². The number of carbonyl (C=O) groups excluding carboxylic acids is 2. The van der Waals surface area contributed by atoms with Crippen LogP contribution in [-0.4, -0.2) is 52.0 Å². The average Bonchev–Trinajstić information content (AvgIpc) is 3.44. The highest BCUT2D eigenvalue weighted by Crippen LogP contribution is 2.34. The third-order valence-electron chi connectivity index (χ3n) is 5.34. The fourth-order valence-corrected chi connectivity index (χ4v) is 3.70. The van der Waals surface area contributed by atoms with Gasteiger partial charge in [-0.3, -0.25) is 14.4 Å². The molecule has 2 aromatic carbocycles. The molecule has 1 atom stereocenters. The van der Waals surface area contributed by atoms with E-state index in [1.54, 1.807) is 18.2 Å². The summed E-state index contributed by atoms with van der Waals surface area (Å²) in [6, 6.07) is 6.66. The van der Waals surface area contributed by atoms with E-state index in [2.05, 4.69) is 14.9 Å². The van der Waals surface area contributed by atoms with Crippen molar-refractivity contribution in [2.24, 2.45) is 11.5 Å². The number of fused-ring (bicyclic) bond motifs is 1. The smallest absolute Gasteiger partial charge is 0.480 e. The molecule has 1 unspecified atom stereocenters. The van der Waals surface area contributed by atoms with Crippen molar-refractivity contribution in [2.75, 3.05) is 11.4 Å². The van der Waals surface area contributed by atoms with E-state index in [9.17, 15) is 27.6 Å². The summed E-state index contributed by atoms with van der Waals surface area (Å²) >= 11 is 0. The molecule has 0 radical (unpaired) electrons. The number of rotatable bonds is 7. The van der Waals surface area contributed by atoms with Crippen molar-refractivity contribution in [2.45, 2.75) is 25.2 Å². The normalized spacial score (nSPS) is 13.8. The Bertz CT molecular complexity index is 1360. The number of alkyl halides is 3. The van der Waals surface area contributed by atoms with Crippen LogP contribution < -0.4 is 21.1 Å². The number of hydrogen-bond acceptors (Lipinski definition) is 8. The van der Waals surface area contributed by atoms with E-state index < -0.39 is 35.9 Å². The minimum absolute atomic E-state index is 0.0167. The lowest BCUT2D eigenvalue weighted by Gasteiger charge is -2.18. The number of nitrogens with zero attached hydrogens (tertiary/aromatic N) is 3. The standard InChI is InChI=1S/C22H18F3N5O6/c23-22(24,25)35-14-7-12(18(27)32)6-13(8-14)20-28-19(29-36-20)11-1-2-16-10(5-11)3-4-30(16)17(31)9-15(26)21(33)34/h1-2,5-8,15H,3-4,9,26H2,(H2,27,32)(H,33,34). The molecule has 0 aliphatic carbocycles. The summed E-state index contributed by atoms with van der Waals surface area (Å²) in [5, 5.41) is 12.8. The monoisotopic (exact) mass is 505 g/mol. The molecule has 1 aliphatic rings. The molecule has 1 aromatic heterocycles. The molecule has 4 rings (SSSR count). The molecule has 2 amide bonds. The van der Waals surface area contributed by atoms with Crippen LogP contribution in [-0.2, 0) is 16.0 Å². The molecule has 0 fully saturated rings. The van der Waals surface area contributed by atoms with E-state index in [1.807, 2.05) is 0 Å². The Morgan fingerprint density at radius 1 is 1.17 bits per heavy atom. The Balaban J connectivity index is 1.59. The van der Waals surface area contributed by atoms with Gasteiger partial charge in [-0.1, -0.05) is 5.16 Å². The predicted molar refractivity (Wildman–Crippen MR) is 117 cm³/mol. The molecule has 11 nitrogen and oxygen atoms in total. The molecule has 0 saturated heterocycles. The highest BCUT2D eigenvalue weighted by molar-refractivity contribution is 5.98. The second-order valence-electron chi connectivity index (χ2n) is 7.87. The molecule has 0 saturated carbocycles. The Hall–Kier alpha value is -4.46. The number of carbonyl (C=O) groups is 3. The maximum absolute atomic E-state index is 12.7. The largest absolute Gasteiger partial charge is 0.573 e. The first-order chi connectivity index (χ1) is 16.9. The van der Waals surface area contributed by atoms with Crippen LogP contribution in [0.2, 0.25) is 0 Å². The summed E-state index contributed by atoms with van der Waals surface area (Å²) in [6.45, 7) is 0.337. The summed E-state index contributed by atoms with van der Waals surface area (Å²) in [6.07, 6.45) is -4.86. The molecule has 36 heavy (non-hydrogen) atoms. The van der Waals surface area contributed by atoms with Crippen LogP contribution in [0.5, 0.6) is 5.75 Å². The van der Waals surface area contributed by atoms with Crippen molar-refractivity contribution < 1.29 is 41.9 Å². The van der Waals surface area contributed by atoms with Crippen molar-refractivity contribution in [1.29, 1.82) is 0 Å². The summed E-state index contributed by atoms with van der Waals surface area (Å²) in [7, 11) is 0. The van der Waals surface area contributed by atoms with Gasteiger partial charge in [-0.05, 0) is 48.4 Å². The number of anilines is 1. The second kappa shape index (κ2) is 9.30. The van der Waals surface area contributed by atoms with Gasteiger partial charge in [0.15, 0.2) is 0 Å². The van der Waals surface area contributed by atoms with Gasteiger partial charge in [0.2, 0.25) is 17.6 Å². The number of aromatic nitrogens is 2. The van der Waals surface area contributed by atoms with Gasteiger partial charge in [0.05, 0.1) is 6.42 Å². The van der Waals surface area contributed by atoms with Crippen LogP contribution in [0.1, 0.15) is 22.3 Å². The van der Waals surface area contributed by atoms with Gasteiger partial charge in [0.25, 0.3) is 5.89 Å². The van der Waals surface area contributed by atoms with Crippen LogP contribution in [0.15, 0.2) is 40.9 Å². The second-order valence-corrected chi connectivity index (χ2v) is 7.87. The summed E-state index contributed by atoms with van der Waals surface area (Å²) in [4.78, 5) is 40.6. The third kappa shape index (κ3) is 5.27. The van der Waals surface area contributed by atoms with Crippen LogP contribution >= 0.6 is 0 Å². The van der Waals surface area contributed by atoms with Gasteiger partial charge in [0.1, 0.15) is 11.8 Å². The molecule has 2 heterocycles. The molecule has 14 heteroatoms. The molecular formula is C22H18F3N5O6. The fourth-order valence-electron chi connectivity index (χ4n) is 3.70. The Kier molecular flexibility index (Phi) is 6.37. The first kappa shape index (κ1) is 24.7. The number of halogens is 3. The Morgan fingerprint density at radius 3 is 2.58 bits per heavy atom.